The fourth-order valence-electron chi connectivity index (χ4n) is 3.53. The van der Waals surface area contributed by atoms with E-state index in [1.807, 2.05) is 35.0 Å². The van der Waals surface area contributed by atoms with Crippen LogP contribution in [0.15, 0.2) is 30.3 Å². The summed E-state index contributed by atoms with van der Waals surface area (Å²) in [4.78, 5) is 2.49. The van der Waals surface area contributed by atoms with Crippen LogP contribution in [0.5, 0.6) is 0 Å². The van der Waals surface area contributed by atoms with Gasteiger partial charge in [0.15, 0.2) is 5.82 Å². The monoisotopic (exact) mass is 320 g/mol. The van der Waals surface area contributed by atoms with E-state index in [0.717, 1.165) is 49.5 Å². The fourth-order valence-corrected chi connectivity index (χ4v) is 3.53. The summed E-state index contributed by atoms with van der Waals surface area (Å²) < 4.78 is 1.85. The Morgan fingerprint density at radius 1 is 1.14 bits per heavy atom. The molecular weight excluding hydrogens is 300 g/mol. The second-order valence-electron chi connectivity index (χ2n) is 6.04. The lowest BCUT2D eigenvalue weighted by molar-refractivity contribution is 0.138. The lowest BCUT2D eigenvalue weighted by Crippen LogP contribution is -2.40. The molecule has 22 heavy (non-hydrogen) atoms. The molecule has 2 aliphatic rings. The summed E-state index contributed by atoms with van der Waals surface area (Å²) >= 11 is 0. The van der Waals surface area contributed by atoms with Gasteiger partial charge in [-0.1, -0.05) is 18.2 Å². The van der Waals surface area contributed by atoms with Gasteiger partial charge in [-0.15, -0.1) is 17.5 Å². The molecule has 1 aromatic carbocycles. The minimum absolute atomic E-state index is 0. The minimum atomic E-state index is 0. The van der Waals surface area contributed by atoms with Crippen molar-refractivity contribution in [2.24, 2.45) is 11.8 Å². The summed E-state index contributed by atoms with van der Waals surface area (Å²) in [6.07, 6.45) is 1.28. The second-order valence-corrected chi connectivity index (χ2v) is 6.04. The summed E-state index contributed by atoms with van der Waals surface area (Å²) in [6.45, 7) is 5.47. The molecule has 4 rings (SSSR count). The molecule has 2 unspecified atom stereocenters. The molecule has 0 bridgehead atoms. The summed E-state index contributed by atoms with van der Waals surface area (Å²) in [5.41, 5.74) is 1.02. The smallest absolute Gasteiger partial charge is 0.170 e. The Hall–Kier alpha value is -1.50. The number of aromatic nitrogens is 4. The molecule has 0 spiro atoms. The average Bonchev–Trinajstić information content (AvgIpc) is 3.16. The van der Waals surface area contributed by atoms with E-state index >= 15 is 0 Å². The molecule has 0 aliphatic carbocycles. The van der Waals surface area contributed by atoms with Crippen LogP contribution in [0.3, 0.4) is 0 Å². The zero-order valence-electron chi connectivity index (χ0n) is 12.4. The maximum absolute atomic E-state index is 4.22. The van der Waals surface area contributed by atoms with E-state index in [4.69, 9.17) is 0 Å². The van der Waals surface area contributed by atoms with Crippen molar-refractivity contribution < 1.29 is 0 Å². The Bertz CT molecular complexity index is 601. The third-order valence-electron chi connectivity index (χ3n) is 4.69. The predicted octanol–water partition coefficient (Wildman–Crippen LogP) is 1.13. The third-order valence-corrected chi connectivity index (χ3v) is 4.69. The highest BCUT2D eigenvalue weighted by molar-refractivity contribution is 5.85. The van der Waals surface area contributed by atoms with Gasteiger partial charge in [-0.25, -0.2) is 0 Å². The van der Waals surface area contributed by atoms with Crippen molar-refractivity contribution in [2.45, 2.75) is 13.0 Å². The van der Waals surface area contributed by atoms with E-state index in [1.165, 1.54) is 13.0 Å². The first kappa shape index (κ1) is 15.4. The summed E-state index contributed by atoms with van der Waals surface area (Å²) in [5.74, 6) is 2.58. The Morgan fingerprint density at radius 3 is 2.82 bits per heavy atom. The normalized spacial score (nSPS) is 24.7. The zero-order valence-corrected chi connectivity index (χ0v) is 13.2. The third kappa shape index (κ3) is 2.99. The van der Waals surface area contributed by atoms with Gasteiger partial charge < -0.3 is 5.32 Å². The van der Waals surface area contributed by atoms with E-state index in [1.54, 1.807) is 0 Å². The van der Waals surface area contributed by atoms with Crippen molar-refractivity contribution in [1.82, 2.24) is 30.4 Å². The topological polar surface area (TPSA) is 58.9 Å². The molecule has 1 aromatic heterocycles. The van der Waals surface area contributed by atoms with Crippen molar-refractivity contribution in [1.29, 1.82) is 0 Å². The summed E-state index contributed by atoms with van der Waals surface area (Å²) in [6, 6.07) is 10.1. The van der Waals surface area contributed by atoms with Crippen LogP contribution in [0.4, 0.5) is 0 Å². The number of rotatable bonds is 3. The minimum Gasteiger partial charge on any atom is -0.316 e. The number of piperidine rings is 1. The Kier molecular flexibility index (Phi) is 4.71. The van der Waals surface area contributed by atoms with Gasteiger partial charge in [-0.3, -0.25) is 4.90 Å². The van der Waals surface area contributed by atoms with Gasteiger partial charge in [0.05, 0.1) is 12.2 Å². The molecule has 7 heteroatoms. The van der Waals surface area contributed by atoms with Crippen molar-refractivity contribution in [3.8, 4) is 5.69 Å². The zero-order chi connectivity index (χ0) is 14.1. The molecule has 3 heterocycles. The number of benzene rings is 1. The molecule has 6 nitrogen and oxygen atoms in total. The molecule has 0 saturated carbocycles. The maximum atomic E-state index is 4.22. The molecule has 2 saturated heterocycles. The molecule has 2 atom stereocenters. The highest BCUT2D eigenvalue weighted by atomic mass is 35.5. The van der Waals surface area contributed by atoms with Gasteiger partial charge in [0.1, 0.15) is 0 Å². The molecule has 2 fully saturated rings. The summed E-state index contributed by atoms with van der Waals surface area (Å²) in [7, 11) is 0. The first-order valence-electron chi connectivity index (χ1n) is 7.66. The van der Waals surface area contributed by atoms with Crippen LogP contribution >= 0.6 is 12.4 Å². The van der Waals surface area contributed by atoms with Gasteiger partial charge in [-0.2, -0.15) is 4.68 Å². The van der Waals surface area contributed by atoms with E-state index in [0.29, 0.717) is 0 Å². The number of para-hydroxylation sites is 1. The second kappa shape index (κ2) is 6.73. The van der Waals surface area contributed by atoms with Crippen LogP contribution in [0.25, 0.3) is 5.69 Å². The highest BCUT2D eigenvalue weighted by Crippen LogP contribution is 2.27. The van der Waals surface area contributed by atoms with Crippen molar-refractivity contribution in [2.75, 3.05) is 26.2 Å². The average molecular weight is 321 g/mol. The van der Waals surface area contributed by atoms with Crippen LogP contribution < -0.4 is 5.32 Å². The van der Waals surface area contributed by atoms with Crippen molar-refractivity contribution >= 4 is 12.4 Å². The largest absolute Gasteiger partial charge is 0.316 e. The summed E-state index contributed by atoms with van der Waals surface area (Å²) in [5, 5.41) is 15.7. The van der Waals surface area contributed by atoms with E-state index in [9.17, 15) is 0 Å². The lowest BCUT2D eigenvalue weighted by Gasteiger charge is -2.33. The standard InChI is InChI=1S/C15H20N6.ClH/c1-2-4-14(5-3-1)21-15(17-18-19-21)11-20-7-6-12-8-16-9-13(12)10-20;/h1-5,12-13,16H,6-11H2;1H. The van der Waals surface area contributed by atoms with Gasteiger partial charge in [0.2, 0.25) is 0 Å². The fraction of sp³-hybridized carbons (Fsp3) is 0.533. The van der Waals surface area contributed by atoms with Crippen LogP contribution in [0.2, 0.25) is 0 Å². The lowest BCUT2D eigenvalue weighted by atomic mass is 9.89. The van der Waals surface area contributed by atoms with E-state index in [-0.39, 0.29) is 12.4 Å². The number of fused-ring (bicyclic) bond motifs is 1. The number of nitrogens with zero attached hydrogens (tertiary/aromatic N) is 5. The number of tetrazole rings is 1. The Balaban J connectivity index is 0.00000144. The van der Waals surface area contributed by atoms with Crippen LogP contribution in [0.1, 0.15) is 12.2 Å². The van der Waals surface area contributed by atoms with Gasteiger partial charge >= 0.3 is 0 Å². The van der Waals surface area contributed by atoms with E-state index in [2.05, 4.69) is 25.7 Å². The number of hydrogen-bond acceptors (Lipinski definition) is 5. The van der Waals surface area contributed by atoms with Crippen molar-refractivity contribution in [3.63, 3.8) is 0 Å². The van der Waals surface area contributed by atoms with E-state index < -0.39 is 0 Å². The molecule has 0 amide bonds. The van der Waals surface area contributed by atoms with Crippen molar-refractivity contribution in [3.05, 3.63) is 36.2 Å². The first-order chi connectivity index (χ1) is 10.4. The molecule has 0 radical (unpaired) electrons. The number of halogens is 1. The predicted molar refractivity (Wildman–Crippen MR) is 86.1 cm³/mol. The Morgan fingerprint density at radius 2 is 1.95 bits per heavy atom. The van der Waals surface area contributed by atoms with Crippen LogP contribution in [-0.2, 0) is 6.54 Å². The SMILES string of the molecule is Cl.c1ccc(-n2nnnc2CN2CCC3CNCC3C2)cc1. The molecule has 2 aliphatic heterocycles. The number of nitrogens with one attached hydrogen (secondary N) is 1. The quantitative estimate of drug-likeness (QED) is 0.918. The van der Waals surface area contributed by atoms with Crippen LogP contribution in [0, 0.1) is 11.8 Å². The Labute approximate surface area is 136 Å². The number of hydrogen-bond donors (Lipinski definition) is 1. The maximum Gasteiger partial charge on any atom is 0.170 e. The molecular formula is C15H21ClN6. The highest BCUT2D eigenvalue weighted by Gasteiger charge is 2.33. The molecule has 1 N–H and O–H groups in total. The van der Waals surface area contributed by atoms with Gasteiger partial charge in [-0.05, 0) is 60.5 Å². The first-order valence-corrected chi connectivity index (χ1v) is 7.66. The van der Waals surface area contributed by atoms with Gasteiger partial charge in [0.25, 0.3) is 0 Å². The molecule has 118 valence electrons. The number of likely N-dealkylation sites (tertiary alicyclic amines) is 1. The van der Waals surface area contributed by atoms with Gasteiger partial charge in [0, 0.05) is 6.54 Å². The van der Waals surface area contributed by atoms with Crippen LogP contribution in [-0.4, -0.2) is 51.3 Å². The molecule has 2 aromatic rings.